The van der Waals surface area contributed by atoms with Crippen molar-refractivity contribution in [2.45, 2.75) is 25.5 Å². The van der Waals surface area contributed by atoms with E-state index in [0.717, 1.165) is 30.6 Å². The highest BCUT2D eigenvalue weighted by atomic mass is 16.5. The number of aliphatic hydroxyl groups excluding tert-OH is 1. The van der Waals surface area contributed by atoms with Crippen LogP contribution >= 0.6 is 0 Å². The molecule has 0 radical (unpaired) electrons. The lowest BCUT2D eigenvalue weighted by Crippen LogP contribution is -2.36. The molecule has 0 aliphatic carbocycles. The molecule has 0 aromatic heterocycles. The normalized spacial score (nSPS) is 19.4. The lowest BCUT2D eigenvalue weighted by molar-refractivity contribution is -0.141. The zero-order valence-electron chi connectivity index (χ0n) is 9.93. The molecule has 0 amide bonds. The van der Waals surface area contributed by atoms with Gasteiger partial charge in [-0.05, 0) is 30.5 Å². The number of rotatable bonds is 3. The van der Waals surface area contributed by atoms with Crippen molar-refractivity contribution >= 4 is 11.7 Å². The molecule has 1 atom stereocenters. The van der Waals surface area contributed by atoms with Crippen LogP contribution in [0.4, 0.5) is 5.69 Å². The largest absolute Gasteiger partial charge is 0.467 e. The van der Waals surface area contributed by atoms with Crippen LogP contribution in [0.25, 0.3) is 0 Å². The van der Waals surface area contributed by atoms with E-state index in [1.165, 1.54) is 7.11 Å². The molecule has 0 saturated carbocycles. The number of nitrogens with zero attached hydrogens (tertiary/aromatic N) is 1. The first-order valence-corrected chi connectivity index (χ1v) is 5.80. The number of esters is 1. The number of carbonyl (C=O) groups excluding carboxylic acids is 1. The van der Waals surface area contributed by atoms with E-state index < -0.39 is 0 Å². The molecular weight excluding hydrogens is 218 g/mol. The third kappa shape index (κ3) is 2.42. The number of anilines is 1. The SMILES string of the molecule is COC(=O)C1CCCN1c1ccc(CO)cc1. The second kappa shape index (κ2) is 5.19. The number of hydrogen-bond acceptors (Lipinski definition) is 4. The number of methoxy groups -OCH3 is 1. The quantitative estimate of drug-likeness (QED) is 0.803. The summed E-state index contributed by atoms with van der Waals surface area (Å²) in [7, 11) is 1.42. The fourth-order valence-electron chi connectivity index (χ4n) is 2.25. The van der Waals surface area contributed by atoms with Gasteiger partial charge in [-0.3, -0.25) is 0 Å². The Morgan fingerprint density at radius 3 is 2.76 bits per heavy atom. The summed E-state index contributed by atoms with van der Waals surface area (Å²) in [5.41, 5.74) is 1.89. The Kier molecular flexibility index (Phi) is 3.64. The molecule has 1 aromatic carbocycles. The van der Waals surface area contributed by atoms with Crippen LogP contribution in [0.1, 0.15) is 18.4 Å². The van der Waals surface area contributed by atoms with Crippen LogP contribution in [0.2, 0.25) is 0 Å². The molecule has 17 heavy (non-hydrogen) atoms. The van der Waals surface area contributed by atoms with Crippen molar-refractivity contribution in [2.24, 2.45) is 0 Å². The first-order chi connectivity index (χ1) is 8.26. The predicted octanol–water partition coefficient (Wildman–Crippen LogP) is 1.32. The third-order valence-corrected chi connectivity index (χ3v) is 3.18. The minimum atomic E-state index is -0.172. The molecule has 1 N–H and O–H groups in total. The summed E-state index contributed by atoms with van der Waals surface area (Å²) in [5, 5.41) is 8.98. The van der Waals surface area contributed by atoms with Crippen molar-refractivity contribution in [2.75, 3.05) is 18.6 Å². The topological polar surface area (TPSA) is 49.8 Å². The predicted molar refractivity (Wildman–Crippen MR) is 64.7 cm³/mol. The summed E-state index contributed by atoms with van der Waals surface area (Å²) in [6.45, 7) is 0.916. The van der Waals surface area contributed by atoms with Gasteiger partial charge in [0.15, 0.2) is 0 Å². The standard InChI is InChI=1S/C13H17NO3/c1-17-13(16)12-3-2-8-14(12)11-6-4-10(9-15)5-7-11/h4-7,12,15H,2-3,8-9H2,1H3. The van der Waals surface area contributed by atoms with Crippen molar-refractivity contribution in [3.05, 3.63) is 29.8 Å². The van der Waals surface area contributed by atoms with E-state index in [9.17, 15) is 4.79 Å². The van der Waals surface area contributed by atoms with Gasteiger partial charge in [0.25, 0.3) is 0 Å². The summed E-state index contributed by atoms with van der Waals surface area (Å²) < 4.78 is 4.81. The van der Waals surface area contributed by atoms with Crippen LogP contribution in [0, 0.1) is 0 Å². The maximum absolute atomic E-state index is 11.6. The molecule has 1 heterocycles. The zero-order chi connectivity index (χ0) is 12.3. The monoisotopic (exact) mass is 235 g/mol. The molecule has 1 fully saturated rings. The highest BCUT2D eigenvalue weighted by Gasteiger charge is 2.31. The van der Waals surface area contributed by atoms with Crippen molar-refractivity contribution in [1.29, 1.82) is 0 Å². The molecule has 1 saturated heterocycles. The first-order valence-electron chi connectivity index (χ1n) is 5.80. The lowest BCUT2D eigenvalue weighted by Gasteiger charge is -2.24. The molecule has 1 unspecified atom stereocenters. The molecule has 4 heteroatoms. The summed E-state index contributed by atoms with van der Waals surface area (Å²) in [5.74, 6) is -0.172. The van der Waals surface area contributed by atoms with Gasteiger partial charge in [-0.15, -0.1) is 0 Å². The van der Waals surface area contributed by atoms with Crippen molar-refractivity contribution in [3.8, 4) is 0 Å². The van der Waals surface area contributed by atoms with Crippen LogP contribution in [0.5, 0.6) is 0 Å². The Labute approximate surface area is 101 Å². The van der Waals surface area contributed by atoms with Gasteiger partial charge in [-0.1, -0.05) is 12.1 Å². The van der Waals surface area contributed by atoms with Crippen LogP contribution in [0.15, 0.2) is 24.3 Å². The maximum Gasteiger partial charge on any atom is 0.328 e. The van der Waals surface area contributed by atoms with Gasteiger partial charge in [0.1, 0.15) is 6.04 Å². The molecule has 1 aliphatic heterocycles. The highest BCUT2D eigenvalue weighted by Crippen LogP contribution is 2.26. The van der Waals surface area contributed by atoms with Crippen LogP contribution in [0.3, 0.4) is 0 Å². The average molecular weight is 235 g/mol. The summed E-state index contributed by atoms with van der Waals surface area (Å²) >= 11 is 0. The molecular formula is C13H17NO3. The highest BCUT2D eigenvalue weighted by molar-refractivity contribution is 5.80. The fraction of sp³-hybridized carbons (Fsp3) is 0.462. The Morgan fingerprint density at radius 1 is 1.47 bits per heavy atom. The Morgan fingerprint density at radius 2 is 2.18 bits per heavy atom. The molecule has 0 spiro atoms. The van der Waals surface area contributed by atoms with E-state index >= 15 is 0 Å². The Hall–Kier alpha value is -1.55. The van der Waals surface area contributed by atoms with Crippen LogP contribution in [-0.4, -0.2) is 30.8 Å². The molecule has 0 bridgehead atoms. The lowest BCUT2D eigenvalue weighted by atomic mass is 10.2. The Bertz CT molecular complexity index is 388. The number of ether oxygens (including phenoxy) is 1. The second-order valence-corrected chi connectivity index (χ2v) is 4.20. The van der Waals surface area contributed by atoms with Gasteiger partial charge in [-0.2, -0.15) is 0 Å². The van der Waals surface area contributed by atoms with Gasteiger partial charge in [0, 0.05) is 12.2 Å². The van der Waals surface area contributed by atoms with Crippen molar-refractivity contribution in [1.82, 2.24) is 0 Å². The summed E-state index contributed by atoms with van der Waals surface area (Å²) in [6.07, 6.45) is 1.84. The van der Waals surface area contributed by atoms with Crippen molar-refractivity contribution < 1.29 is 14.6 Å². The summed E-state index contributed by atoms with van der Waals surface area (Å²) in [4.78, 5) is 13.7. The number of hydrogen-bond donors (Lipinski definition) is 1. The average Bonchev–Trinajstić information content (AvgIpc) is 2.87. The van der Waals surface area contributed by atoms with E-state index in [0.29, 0.717) is 0 Å². The van der Waals surface area contributed by atoms with Crippen molar-refractivity contribution in [3.63, 3.8) is 0 Å². The number of carbonyl (C=O) groups is 1. The van der Waals surface area contributed by atoms with E-state index in [2.05, 4.69) is 4.90 Å². The zero-order valence-corrected chi connectivity index (χ0v) is 9.93. The van der Waals surface area contributed by atoms with Gasteiger partial charge >= 0.3 is 5.97 Å². The first kappa shape index (κ1) is 11.9. The molecule has 1 aliphatic rings. The number of benzene rings is 1. The minimum Gasteiger partial charge on any atom is -0.467 e. The van der Waals surface area contributed by atoms with Gasteiger partial charge < -0.3 is 14.7 Å². The van der Waals surface area contributed by atoms with E-state index in [4.69, 9.17) is 9.84 Å². The fourth-order valence-corrected chi connectivity index (χ4v) is 2.25. The van der Waals surface area contributed by atoms with Gasteiger partial charge in [-0.25, -0.2) is 4.79 Å². The minimum absolute atomic E-state index is 0.0424. The Balaban J connectivity index is 2.17. The molecule has 1 aromatic rings. The van der Waals surface area contributed by atoms with E-state index in [1.807, 2.05) is 24.3 Å². The molecule has 92 valence electrons. The third-order valence-electron chi connectivity index (χ3n) is 3.18. The van der Waals surface area contributed by atoms with E-state index in [-0.39, 0.29) is 18.6 Å². The summed E-state index contributed by atoms with van der Waals surface area (Å²) in [6, 6.07) is 7.46. The molecule has 2 rings (SSSR count). The van der Waals surface area contributed by atoms with Gasteiger partial charge in [0.05, 0.1) is 13.7 Å². The second-order valence-electron chi connectivity index (χ2n) is 4.20. The van der Waals surface area contributed by atoms with Gasteiger partial charge in [0.2, 0.25) is 0 Å². The smallest absolute Gasteiger partial charge is 0.328 e. The van der Waals surface area contributed by atoms with E-state index in [1.54, 1.807) is 0 Å². The maximum atomic E-state index is 11.6. The van der Waals surface area contributed by atoms with Crippen LogP contribution in [-0.2, 0) is 16.1 Å². The number of aliphatic hydroxyl groups is 1. The van der Waals surface area contributed by atoms with Crippen LogP contribution < -0.4 is 4.90 Å². The molecule has 4 nitrogen and oxygen atoms in total.